The van der Waals surface area contributed by atoms with Gasteiger partial charge in [-0.2, -0.15) is 0 Å². The number of ether oxygens (including phenoxy) is 1. The highest BCUT2D eigenvalue weighted by Crippen LogP contribution is 2.12. The van der Waals surface area contributed by atoms with Crippen molar-refractivity contribution in [2.24, 2.45) is 10.9 Å². The highest BCUT2D eigenvalue weighted by atomic mass is 16.5. The van der Waals surface area contributed by atoms with Gasteiger partial charge in [0.1, 0.15) is 5.75 Å². The Morgan fingerprint density at radius 3 is 2.37 bits per heavy atom. The van der Waals surface area contributed by atoms with Crippen molar-refractivity contribution >= 4 is 5.96 Å². The molecule has 0 bridgehead atoms. The van der Waals surface area contributed by atoms with Crippen LogP contribution in [0, 0.1) is 5.92 Å². The van der Waals surface area contributed by atoms with Gasteiger partial charge in [0, 0.05) is 59.9 Å². The van der Waals surface area contributed by atoms with Crippen LogP contribution in [-0.4, -0.2) is 87.7 Å². The summed E-state index contributed by atoms with van der Waals surface area (Å²) in [4.78, 5) is 11.7. The van der Waals surface area contributed by atoms with Gasteiger partial charge in [-0.05, 0) is 30.2 Å². The Hall–Kier alpha value is -1.79. The van der Waals surface area contributed by atoms with E-state index in [1.165, 1.54) is 38.3 Å². The summed E-state index contributed by atoms with van der Waals surface area (Å²) in [5.41, 5.74) is 1.24. The van der Waals surface area contributed by atoms with E-state index in [-0.39, 0.29) is 0 Å². The average molecular weight is 376 g/mol. The Bertz CT molecular complexity index is 566. The van der Waals surface area contributed by atoms with Crippen LogP contribution in [0.1, 0.15) is 19.4 Å². The Labute approximate surface area is 165 Å². The van der Waals surface area contributed by atoms with E-state index in [2.05, 4.69) is 58.0 Å². The standard InChI is InChI=1S/C21H37N5O/c1-6-25-11-13-26(14-12-25)16-18(2)15-23-21(22-3)24(4)17-19-7-9-20(27-5)10-8-19/h7-10,18H,6,11-17H2,1-5H3,(H,22,23). The maximum absolute atomic E-state index is 5.23. The molecule has 1 heterocycles. The number of guanidine groups is 1. The molecule has 1 aromatic carbocycles. The summed E-state index contributed by atoms with van der Waals surface area (Å²) >= 11 is 0. The molecule has 1 aromatic rings. The maximum atomic E-state index is 5.23. The third-order valence-corrected chi connectivity index (χ3v) is 5.24. The van der Waals surface area contributed by atoms with Crippen LogP contribution in [0.2, 0.25) is 0 Å². The maximum Gasteiger partial charge on any atom is 0.193 e. The van der Waals surface area contributed by atoms with Crippen molar-refractivity contribution in [3.05, 3.63) is 29.8 Å². The monoisotopic (exact) mass is 375 g/mol. The largest absolute Gasteiger partial charge is 0.497 e. The molecule has 1 unspecified atom stereocenters. The van der Waals surface area contributed by atoms with Crippen LogP contribution >= 0.6 is 0 Å². The molecule has 0 spiro atoms. The predicted molar refractivity (Wildman–Crippen MR) is 114 cm³/mol. The summed E-state index contributed by atoms with van der Waals surface area (Å²) in [7, 11) is 5.62. The lowest BCUT2D eigenvalue weighted by molar-refractivity contribution is 0.124. The number of hydrogen-bond acceptors (Lipinski definition) is 4. The van der Waals surface area contributed by atoms with Gasteiger partial charge in [0.2, 0.25) is 0 Å². The molecule has 0 saturated carbocycles. The van der Waals surface area contributed by atoms with Crippen LogP contribution in [0.15, 0.2) is 29.3 Å². The van der Waals surface area contributed by atoms with Gasteiger partial charge in [0.25, 0.3) is 0 Å². The van der Waals surface area contributed by atoms with Crippen molar-refractivity contribution in [2.45, 2.75) is 20.4 Å². The summed E-state index contributed by atoms with van der Waals surface area (Å²) in [5.74, 6) is 2.41. The van der Waals surface area contributed by atoms with Gasteiger partial charge in [-0.15, -0.1) is 0 Å². The Balaban J connectivity index is 1.75. The number of nitrogens with zero attached hydrogens (tertiary/aromatic N) is 4. The molecule has 27 heavy (non-hydrogen) atoms. The fourth-order valence-electron chi connectivity index (χ4n) is 3.52. The van der Waals surface area contributed by atoms with Gasteiger partial charge in [-0.3, -0.25) is 4.99 Å². The van der Waals surface area contributed by atoms with E-state index in [9.17, 15) is 0 Å². The molecule has 6 nitrogen and oxygen atoms in total. The van der Waals surface area contributed by atoms with E-state index < -0.39 is 0 Å². The molecule has 0 radical (unpaired) electrons. The quantitative estimate of drug-likeness (QED) is 0.556. The van der Waals surface area contributed by atoms with Crippen LogP contribution in [-0.2, 0) is 6.54 Å². The van der Waals surface area contributed by atoms with Crippen molar-refractivity contribution in [2.75, 3.05) is 67.0 Å². The molecular weight excluding hydrogens is 338 g/mol. The molecular formula is C21H37N5O. The predicted octanol–water partition coefficient (Wildman–Crippen LogP) is 1.98. The third kappa shape index (κ3) is 7.03. The van der Waals surface area contributed by atoms with Gasteiger partial charge in [-0.25, -0.2) is 0 Å². The van der Waals surface area contributed by atoms with Crippen LogP contribution < -0.4 is 10.1 Å². The van der Waals surface area contributed by atoms with E-state index in [0.29, 0.717) is 5.92 Å². The molecule has 1 N–H and O–H groups in total. The Morgan fingerprint density at radius 2 is 1.81 bits per heavy atom. The number of hydrogen-bond donors (Lipinski definition) is 1. The number of methoxy groups -OCH3 is 1. The van der Waals surface area contributed by atoms with Gasteiger partial charge in [0.05, 0.1) is 7.11 Å². The van der Waals surface area contributed by atoms with E-state index >= 15 is 0 Å². The summed E-state index contributed by atoms with van der Waals surface area (Å²) in [6.07, 6.45) is 0. The van der Waals surface area contributed by atoms with Crippen molar-refractivity contribution < 1.29 is 4.74 Å². The summed E-state index contributed by atoms with van der Waals surface area (Å²) in [6.45, 7) is 13.4. The Morgan fingerprint density at radius 1 is 1.19 bits per heavy atom. The number of likely N-dealkylation sites (N-methyl/N-ethyl adjacent to an activating group) is 1. The van der Waals surface area contributed by atoms with Crippen LogP contribution in [0.25, 0.3) is 0 Å². The highest BCUT2D eigenvalue weighted by Gasteiger charge is 2.17. The highest BCUT2D eigenvalue weighted by molar-refractivity contribution is 5.79. The van der Waals surface area contributed by atoms with Gasteiger partial charge in [-0.1, -0.05) is 26.0 Å². The van der Waals surface area contributed by atoms with Crippen LogP contribution in [0.4, 0.5) is 0 Å². The fourth-order valence-corrected chi connectivity index (χ4v) is 3.52. The van der Waals surface area contributed by atoms with E-state index in [0.717, 1.165) is 31.3 Å². The van der Waals surface area contributed by atoms with Gasteiger partial charge in [0.15, 0.2) is 5.96 Å². The topological polar surface area (TPSA) is 43.3 Å². The van der Waals surface area contributed by atoms with Gasteiger partial charge < -0.3 is 24.8 Å². The minimum absolute atomic E-state index is 0.587. The van der Waals surface area contributed by atoms with Crippen molar-refractivity contribution in [3.63, 3.8) is 0 Å². The SMILES string of the molecule is CCN1CCN(CC(C)CNC(=NC)N(C)Cc2ccc(OC)cc2)CC1. The summed E-state index contributed by atoms with van der Waals surface area (Å²) in [6, 6.07) is 8.20. The first kappa shape index (κ1) is 21.5. The van der Waals surface area contributed by atoms with Crippen molar-refractivity contribution in [3.8, 4) is 5.75 Å². The van der Waals surface area contributed by atoms with E-state index in [4.69, 9.17) is 4.74 Å². The van der Waals surface area contributed by atoms with E-state index in [1.807, 2.05) is 19.2 Å². The third-order valence-electron chi connectivity index (χ3n) is 5.24. The number of aliphatic imine (C=N–C) groups is 1. The molecule has 1 aliphatic heterocycles. The molecule has 0 aliphatic carbocycles. The summed E-state index contributed by atoms with van der Waals surface area (Å²) in [5, 5.41) is 3.54. The van der Waals surface area contributed by atoms with Gasteiger partial charge >= 0.3 is 0 Å². The molecule has 2 rings (SSSR count). The number of rotatable bonds is 8. The molecule has 152 valence electrons. The second-order valence-electron chi connectivity index (χ2n) is 7.47. The molecule has 1 saturated heterocycles. The number of benzene rings is 1. The lowest BCUT2D eigenvalue weighted by atomic mass is 10.1. The Kier molecular flexibility index (Phi) is 8.88. The number of piperazine rings is 1. The van der Waals surface area contributed by atoms with Crippen LogP contribution in [0.5, 0.6) is 5.75 Å². The van der Waals surface area contributed by atoms with Crippen molar-refractivity contribution in [1.29, 1.82) is 0 Å². The zero-order chi connectivity index (χ0) is 19.6. The minimum atomic E-state index is 0.587. The normalized spacial score (nSPS) is 17.6. The lowest BCUT2D eigenvalue weighted by Gasteiger charge is -2.35. The molecule has 0 aromatic heterocycles. The first-order valence-corrected chi connectivity index (χ1v) is 10.0. The molecule has 1 aliphatic rings. The average Bonchev–Trinajstić information content (AvgIpc) is 2.69. The van der Waals surface area contributed by atoms with E-state index in [1.54, 1.807) is 7.11 Å². The first-order valence-electron chi connectivity index (χ1n) is 10.0. The second kappa shape index (κ2) is 11.1. The molecule has 1 atom stereocenters. The first-order chi connectivity index (χ1) is 13.0. The second-order valence-corrected chi connectivity index (χ2v) is 7.47. The fraction of sp³-hybridized carbons (Fsp3) is 0.667. The molecule has 1 fully saturated rings. The smallest absolute Gasteiger partial charge is 0.193 e. The summed E-state index contributed by atoms with van der Waals surface area (Å²) < 4.78 is 5.23. The van der Waals surface area contributed by atoms with Crippen molar-refractivity contribution in [1.82, 2.24) is 20.0 Å². The minimum Gasteiger partial charge on any atom is -0.497 e. The van der Waals surface area contributed by atoms with Crippen LogP contribution in [0.3, 0.4) is 0 Å². The zero-order valence-electron chi connectivity index (χ0n) is 17.7. The molecule has 6 heteroatoms. The number of nitrogens with one attached hydrogen (secondary N) is 1. The zero-order valence-corrected chi connectivity index (χ0v) is 17.7. The lowest BCUT2D eigenvalue weighted by Crippen LogP contribution is -2.48. The molecule has 0 amide bonds.